The highest BCUT2D eigenvalue weighted by atomic mass is 32.2. The molecule has 0 radical (unpaired) electrons. The number of para-hydroxylation sites is 1. The third kappa shape index (κ3) is 4.48. The van der Waals surface area contributed by atoms with Gasteiger partial charge in [-0.1, -0.05) is 18.2 Å². The molecule has 1 fully saturated rings. The molecule has 0 aliphatic carbocycles. The highest BCUT2D eigenvalue weighted by Crippen LogP contribution is 2.19. The number of benzene rings is 1. The van der Waals surface area contributed by atoms with Crippen LogP contribution in [0.5, 0.6) is 0 Å². The highest BCUT2D eigenvalue weighted by molar-refractivity contribution is 7.89. The summed E-state index contributed by atoms with van der Waals surface area (Å²) in [7, 11) is -3.28. The van der Waals surface area contributed by atoms with Crippen LogP contribution in [0.25, 0.3) is 5.69 Å². The zero-order valence-electron chi connectivity index (χ0n) is 14.8. The van der Waals surface area contributed by atoms with Gasteiger partial charge in [-0.15, -0.1) is 0 Å². The summed E-state index contributed by atoms with van der Waals surface area (Å²) in [5.41, 5.74) is 3.74. The van der Waals surface area contributed by atoms with E-state index in [9.17, 15) is 8.42 Å². The molecule has 0 saturated carbocycles. The summed E-state index contributed by atoms with van der Waals surface area (Å²) in [6.07, 6.45) is 1.84. The first-order valence-electron chi connectivity index (χ1n) is 8.75. The number of aromatic nitrogens is 2. The summed E-state index contributed by atoms with van der Waals surface area (Å²) < 4.78 is 29.5. The van der Waals surface area contributed by atoms with Crippen LogP contribution in [0.1, 0.15) is 29.8 Å². The second-order valence-corrected chi connectivity index (χ2v) is 8.54. The van der Waals surface area contributed by atoms with Crippen molar-refractivity contribution in [2.75, 3.05) is 18.8 Å². The molecule has 1 aromatic carbocycles. The van der Waals surface area contributed by atoms with Gasteiger partial charge < -0.3 is 5.32 Å². The number of nitrogens with one attached hydrogen (secondary N) is 2. The molecule has 2 aromatic rings. The van der Waals surface area contributed by atoms with Crippen LogP contribution in [-0.4, -0.2) is 37.0 Å². The van der Waals surface area contributed by atoms with Crippen molar-refractivity contribution in [1.82, 2.24) is 19.8 Å². The van der Waals surface area contributed by atoms with Gasteiger partial charge in [0.2, 0.25) is 10.0 Å². The van der Waals surface area contributed by atoms with Crippen molar-refractivity contribution in [3.8, 4) is 5.69 Å². The van der Waals surface area contributed by atoms with Crippen LogP contribution in [0.3, 0.4) is 0 Å². The fraction of sp³-hybridized carbons (Fsp3) is 0.500. The number of rotatable bonds is 6. The summed E-state index contributed by atoms with van der Waals surface area (Å²) in [5, 5.41) is 7.84. The largest absolute Gasteiger partial charge is 0.317 e. The Morgan fingerprint density at radius 1 is 1.20 bits per heavy atom. The molecule has 0 atom stereocenters. The first-order valence-corrected chi connectivity index (χ1v) is 10.4. The Morgan fingerprint density at radius 2 is 1.88 bits per heavy atom. The summed E-state index contributed by atoms with van der Waals surface area (Å²) >= 11 is 0. The molecule has 2 heterocycles. The van der Waals surface area contributed by atoms with Crippen molar-refractivity contribution in [2.24, 2.45) is 5.92 Å². The van der Waals surface area contributed by atoms with Crippen molar-refractivity contribution in [3.63, 3.8) is 0 Å². The quantitative estimate of drug-likeness (QED) is 0.823. The smallest absolute Gasteiger partial charge is 0.212 e. The van der Waals surface area contributed by atoms with Crippen molar-refractivity contribution >= 4 is 10.0 Å². The van der Waals surface area contributed by atoms with E-state index in [0.717, 1.165) is 48.6 Å². The molecule has 6 nitrogen and oxygen atoms in total. The molecule has 1 aromatic heterocycles. The predicted octanol–water partition coefficient (Wildman–Crippen LogP) is 1.91. The van der Waals surface area contributed by atoms with E-state index in [4.69, 9.17) is 0 Å². The van der Waals surface area contributed by atoms with Gasteiger partial charge in [-0.05, 0) is 57.8 Å². The van der Waals surface area contributed by atoms with E-state index in [-0.39, 0.29) is 18.2 Å². The van der Waals surface area contributed by atoms with Crippen molar-refractivity contribution in [3.05, 3.63) is 47.3 Å². The van der Waals surface area contributed by atoms with E-state index in [0.29, 0.717) is 0 Å². The summed E-state index contributed by atoms with van der Waals surface area (Å²) in [4.78, 5) is 0. The zero-order valence-corrected chi connectivity index (χ0v) is 15.6. The normalized spacial score (nSPS) is 16.2. The maximum absolute atomic E-state index is 12.4. The van der Waals surface area contributed by atoms with E-state index in [1.807, 2.05) is 48.9 Å². The number of sulfonamides is 1. The molecular weight excluding hydrogens is 336 g/mol. The van der Waals surface area contributed by atoms with E-state index < -0.39 is 10.0 Å². The SMILES string of the molecule is Cc1nn(-c2ccccc2)c(C)c1CNS(=O)(=O)CC1CCNCC1. The maximum Gasteiger partial charge on any atom is 0.212 e. The summed E-state index contributed by atoms with van der Waals surface area (Å²) in [5.74, 6) is 0.451. The monoisotopic (exact) mass is 362 g/mol. The van der Waals surface area contributed by atoms with Crippen LogP contribution < -0.4 is 10.0 Å². The molecule has 7 heteroatoms. The van der Waals surface area contributed by atoms with Crippen LogP contribution in [0.15, 0.2) is 30.3 Å². The molecule has 1 saturated heterocycles. The first kappa shape index (κ1) is 18.1. The van der Waals surface area contributed by atoms with Gasteiger partial charge in [-0.2, -0.15) is 5.10 Å². The molecule has 136 valence electrons. The van der Waals surface area contributed by atoms with Gasteiger partial charge in [0.1, 0.15) is 0 Å². The Labute approximate surface area is 149 Å². The Hall–Kier alpha value is -1.70. The van der Waals surface area contributed by atoms with Gasteiger partial charge in [0.05, 0.1) is 17.1 Å². The number of aryl methyl sites for hydroxylation is 1. The van der Waals surface area contributed by atoms with Crippen LogP contribution in [0, 0.1) is 19.8 Å². The van der Waals surface area contributed by atoms with Gasteiger partial charge in [-0.3, -0.25) is 0 Å². The van der Waals surface area contributed by atoms with E-state index in [1.54, 1.807) is 0 Å². The fourth-order valence-electron chi connectivity index (χ4n) is 3.35. The Kier molecular flexibility index (Phi) is 5.56. The van der Waals surface area contributed by atoms with Crippen LogP contribution in [0.4, 0.5) is 0 Å². The second kappa shape index (κ2) is 7.68. The Balaban J connectivity index is 1.69. The van der Waals surface area contributed by atoms with Crippen LogP contribution in [-0.2, 0) is 16.6 Å². The third-order valence-electron chi connectivity index (χ3n) is 4.82. The second-order valence-electron chi connectivity index (χ2n) is 6.69. The first-order chi connectivity index (χ1) is 12.0. The Morgan fingerprint density at radius 3 is 2.56 bits per heavy atom. The molecule has 3 rings (SSSR count). The lowest BCUT2D eigenvalue weighted by Gasteiger charge is -2.22. The molecule has 25 heavy (non-hydrogen) atoms. The highest BCUT2D eigenvalue weighted by Gasteiger charge is 2.22. The maximum atomic E-state index is 12.4. The third-order valence-corrected chi connectivity index (χ3v) is 6.32. The van der Waals surface area contributed by atoms with Crippen LogP contribution >= 0.6 is 0 Å². The van der Waals surface area contributed by atoms with Crippen molar-refractivity contribution < 1.29 is 8.42 Å². The lowest BCUT2D eigenvalue weighted by Crippen LogP contribution is -2.35. The summed E-state index contributed by atoms with van der Waals surface area (Å²) in [6.45, 7) is 5.99. The van der Waals surface area contributed by atoms with Gasteiger partial charge in [-0.25, -0.2) is 17.8 Å². The van der Waals surface area contributed by atoms with E-state index in [1.165, 1.54) is 0 Å². The average Bonchev–Trinajstić information content (AvgIpc) is 2.89. The predicted molar refractivity (Wildman–Crippen MR) is 99.3 cm³/mol. The molecule has 0 unspecified atom stereocenters. The summed E-state index contributed by atoms with van der Waals surface area (Å²) in [6, 6.07) is 9.88. The van der Waals surface area contributed by atoms with E-state index >= 15 is 0 Å². The minimum absolute atomic E-state index is 0.208. The number of hydrogen-bond acceptors (Lipinski definition) is 4. The minimum atomic E-state index is -3.28. The topological polar surface area (TPSA) is 76.0 Å². The fourth-order valence-corrected chi connectivity index (χ4v) is 4.79. The van der Waals surface area contributed by atoms with Gasteiger partial charge in [0, 0.05) is 17.8 Å². The lowest BCUT2D eigenvalue weighted by atomic mass is 10.0. The van der Waals surface area contributed by atoms with Gasteiger partial charge in [0.25, 0.3) is 0 Å². The van der Waals surface area contributed by atoms with Gasteiger partial charge in [0.15, 0.2) is 0 Å². The molecule has 2 N–H and O–H groups in total. The molecule has 1 aliphatic heterocycles. The lowest BCUT2D eigenvalue weighted by molar-refractivity contribution is 0.400. The number of piperidine rings is 1. The zero-order chi connectivity index (χ0) is 17.9. The van der Waals surface area contributed by atoms with Crippen LogP contribution in [0.2, 0.25) is 0 Å². The van der Waals surface area contributed by atoms with E-state index in [2.05, 4.69) is 15.1 Å². The molecule has 0 spiro atoms. The molecule has 0 amide bonds. The minimum Gasteiger partial charge on any atom is -0.317 e. The molecular formula is C18H26N4O2S. The standard InChI is InChI=1S/C18H26N4O2S/c1-14-18(15(2)22(21-14)17-6-4-3-5-7-17)12-20-25(23,24)13-16-8-10-19-11-9-16/h3-7,16,19-20H,8-13H2,1-2H3. The Bertz CT molecular complexity index is 809. The average molecular weight is 362 g/mol. The molecule has 1 aliphatic rings. The van der Waals surface area contributed by atoms with Gasteiger partial charge >= 0.3 is 0 Å². The molecule has 0 bridgehead atoms. The number of hydrogen-bond donors (Lipinski definition) is 2. The van der Waals surface area contributed by atoms with Crippen molar-refractivity contribution in [2.45, 2.75) is 33.2 Å². The number of nitrogens with zero attached hydrogens (tertiary/aromatic N) is 2. The van der Waals surface area contributed by atoms with Crippen molar-refractivity contribution in [1.29, 1.82) is 0 Å².